The minimum atomic E-state index is -3.76. The fourth-order valence-electron chi connectivity index (χ4n) is 1.92. The third kappa shape index (κ3) is 3.19. The first-order valence-corrected chi connectivity index (χ1v) is 7.41. The normalized spacial score (nSPS) is 16.9. The van der Waals surface area contributed by atoms with Gasteiger partial charge in [-0.3, -0.25) is 4.79 Å². The molecule has 21 heavy (non-hydrogen) atoms. The molecule has 1 aliphatic rings. The molecular formula is C12H13N3O5S. The van der Waals surface area contributed by atoms with Crippen LogP contribution in [0.25, 0.3) is 0 Å². The van der Waals surface area contributed by atoms with E-state index in [0.717, 1.165) is 6.34 Å². The zero-order valence-corrected chi connectivity index (χ0v) is 11.9. The van der Waals surface area contributed by atoms with E-state index in [1.54, 1.807) is 18.2 Å². The number of amides is 1. The maximum atomic E-state index is 11.8. The molecule has 0 bridgehead atoms. The van der Waals surface area contributed by atoms with Crippen LogP contribution in [-0.2, 0) is 19.6 Å². The van der Waals surface area contributed by atoms with Crippen LogP contribution in [0.5, 0.6) is 0 Å². The minimum absolute atomic E-state index is 0.000497. The first-order chi connectivity index (χ1) is 9.81. The number of hydrogen-bond donors (Lipinski definition) is 2. The first kappa shape index (κ1) is 15.0. The van der Waals surface area contributed by atoms with Crippen molar-refractivity contribution in [1.82, 2.24) is 5.32 Å². The van der Waals surface area contributed by atoms with Gasteiger partial charge in [0.2, 0.25) is 5.91 Å². The van der Waals surface area contributed by atoms with Crippen molar-refractivity contribution in [3.63, 3.8) is 0 Å². The van der Waals surface area contributed by atoms with Gasteiger partial charge in [-0.15, -0.1) is 4.40 Å². The SMILES string of the molecule is CC(=O)NC(CN1C=NS(=O)(=O)c2ccccc21)C(=O)O. The van der Waals surface area contributed by atoms with Crippen molar-refractivity contribution in [3.8, 4) is 0 Å². The largest absolute Gasteiger partial charge is 0.480 e. The molecule has 8 nitrogen and oxygen atoms in total. The van der Waals surface area contributed by atoms with Gasteiger partial charge in [0, 0.05) is 6.92 Å². The molecule has 1 aromatic rings. The Morgan fingerprint density at radius 3 is 2.67 bits per heavy atom. The van der Waals surface area contributed by atoms with Gasteiger partial charge in [-0.2, -0.15) is 8.42 Å². The van der Waals surface area contributed by atoms with Gasteiger partial charge < -0.3 is 15.3 Å². The van der Waals surface area contributed by atoms with Crippen LogP contribution in [0, 0.1) is 0 Å². The lowest BCUT2D eigenvalue weighted by atomic mass is 10.2. The number of rotatable bonds is 4. The molecule has 0 saturated heterocycles. The summed E-state index contributed by atoms with van der Waals surface area (Å²) in [5, 5.41) is 11.4. The Balaban J connectivity index is 2.33. The number of aliphatic carboxylic acids is 1. The van der Waals surface area contributed by atoms with Crippen LogP contribution in [0.4, 0.5) is 5.69 Å². The van der Waals surface area contributed by atoms with Crippen molar-refractivity contribution in [3.05, 3.63) is 24.3 Å². The lowest BCUT2D eigenvalue weighted by Gasteiger charge is -2.27. The summed E-state index contributed by atoms with van der Waals surface area (Å²) >= 11 is 0. The number of sulfonamides is 1. The summed E-state index contributed by atoms with van der Waals surface area (Å²) in [7, 11) is -3.76. The minimum Gasteiger partial charge on any atom is -0.480 e. The molecule has 2 N–H and O–H groups in total. The van der Waals surface area contributed by atoms with Crippen molar-refractivity contribution >= 4 is 33.9 Å². The maximum Gasteiger partial charge on any atom is 0.328 e. The molecule has 1 unspecified atom stereocenters. The Morgan fingerprint density at radius 1 is 1.38 bits per heavy atom. The number of benzene rings is 1. The summed E-state index contributed by atoms with van der Waals surface area (Å²) in [6, 6.07) is 4.95. The van der Waals surface area contributed by atoms with Crippen molar-refractivity contribution in [1.29, 1.82) is 0 Å². The molecule has 0 saturated carbocycles. The number of fused-ring (bicyclic) bond motifs is 1. The second kappa shape index (κ2) is 5.52. The van der Waals surface area contributed by atoms with Crippen molar-refractivity contribution in [2.24, 2.45) is 4.40 Å². The molecule has 1 aliphatic heterocycles. The van der Waals surface area contributed by atoms with Gasteiger partial charge >= 0.3 is 5.97 Å². The second-order valence-electron chi connectivity index (χ2n) is 4.41. The summed E-state index contributed by atoms with van der Waals surface area (Å²) < 4.78 is 27.1. The Hall–Kier alpha value is -2.42. The van der Waals surface area contributed by atoms with Crippen LogP contribution in [0.2, 0.25) is 0 Å². The maximum absolute atomic E-state index is 11.8. The topological polar surface area (TPSA) is 116 Å². The quantitative estimate of drug-likeness (QED) is 0.796. The molecule has 0 spiro atoms. The summed E-state index contributed by atoms with van der Waals surface area (Å²) in [5.41, 5.74) is 0.323. The third-order valence-electron chi connectivity index (χ3n) is 2.83. The number of carboxylic acid groups (broad SMARTS) is 1. The third-order valence-corrected chi connectivity index (χ3v) is 4.11. The number of nitrogens with zero attached hydrogens (tertiary/aromatic N) is 2. The number of carboxylic acids is 1. The van der Waals surface area contributed by atoms with E-state index >= 15 is 0 Å². The van der Waals surface area contributed by atoms with Gasteiger partial charge in [-0.1, -0.05) is 12.1 Å². The number of para-hydroxylation sites is 1. The molecule has 112 valence electrons. The van der Waals surface area contributed by atoms with Crippen LogP contribution >= 0.6 is 0 Å². The van der Waals surface area contributed by atoms with E-state index in [9.17, 15) is 18.0 Å². The number of anilines is 1. The first-order valence-electron chi connectivity index (χ1n) is 5.97. The van der Waals surface area contributed by atoms with Gasteiger partial charge in [-0.25, -0.2) is 4.79 Å². The predicted octanol–water partition coefficient (Wildman–Crippen LogP) is -0.187. The molecule has 0 aliphatic carbocycles. The van der Waals surface area contributed by atoms with Crippen LogP contribution in [0.1, 0.15) is 6.92 Å². The number of carbonyl (C=O) groups excluding carboxylic acids is 1. The molecular weight excluding hydrogens is 298 g/mol. The van der Waals surface area contributed by atoms with Gasteiger partial charge in [0.15, 0.2) is 0 Å². The predicted molar refractivity (Wildman–Crippen MR) is 74.7 cm³/mol. The highest BCUT2D eigenvalue weighted by Crippen LogP contribution is 2.29. The summed E-state index contributed by atoms with van der Waals surface area (Å²) in [4.78, 5) is 23.5. The molecule has 1 amide bonds. The molecule has 0 fully saturated rings. The lowest BCUT2D eigenvalue weighted by molar-refractivity contribution is -0.141. The smallest absolute Gasteiger partial charge is 0.328 e. The van der Waals surface area contributed by atoms with Gasteiger partial charge in [0.25, 0.3) is 10.0 Å². The van der Waals surface area contributed by atoms with Gasteiger partial charge in [0.1, 0.15) is 17.3 Å². The second-order valence-corrected chi connectivity index (χ2v) is 6.01. The molecule has 1 aromatic carbocycles. The lowest BCUT2D eigenvalue weighted by Crippen LogP contribution is -2.48. The van der Waals surface area contributed by atoms with E-state index in [2.05, 4.69) is 9.71 Å². The molecule has 2 rings (SSSR count). The average Bonchev–Trinajstić information content (AvgIpc) is 2.40. The van der Waals surface area contributed by atoms with E-state index in [1.807, 2.05) is 0 Å². The average molecular weight is 311 g/mol. The zero-order chi connectivity index (χ0) is 15.6. The van der Waals surface area contributed by atoms with Gasteiger partial charge in [0.05, 0.1) is 12.2 Å². The fraction of sp³-hybridized carbons (Fsp3) is 0.250. The van der Waals surface area contributed by atoms with Crippen LogP contribution < -0.4 is 10.2 Å². The Labute approximate surface area is 121 Å². The highest BCUT2D eigenvalue weighted by Gasteiger charge is 2.28. The Morgan fingerprint density at radius 2 is 2.05 bits per heavy atom. The van der Waals surface area contributed by atoms with E-state index in [1.165, 1.54) is 17.9 Å². The summed E-state index contributed by atoms with van der Waals surface area (Å²) in [6.07, 6.45) is 1.05. The van der Waals surface area contributed by atoms with E-state index < -0.39 is 27.9 Å². The van der Waals surface area contributed by atoms with E-state index in [-0.39, 0.29) is 11.4 Å². The molecule has 9 heteroatoms. The van der Waals surface area contributed by atoms with Crippen molar-refractivity contribution < 1.29 is 23.1 Å². The molecule has 1 atom stereocenters. The number of hydrogen-bond acceptors (Lipinski definition) is 5. The number of carbonyl (C=O) groups is 2. The summed E-state index contributed by atoms with van der Waals surface area (Å²) in [6.45, 7) is 1.07. The van der Waals surface area contributed by atoms with Crippen LogP contribution in [0.15, 0.2) is 33.6 Å². The highest BCUT2D eigenvalue weighted by atomic mass is 32.2. The van der Waals surface area contributed by atoms with Crippen LogP contribution in [0.3, 0.4) is 0 Å². The van der Waals surface area contributed by atoms with Gasteiger partial charge in [-0.05, 0) is 12.1 Å². The van der Waals surface area contributed by atoms with Crippen molar-refractivity contribution in [2.45, 2.75) is 17.9 Å². The summed E-state index contributed by atoms with van der Waals surface area (Å²) in [5.74, 6) is -1.71. The zero-order valence-electron chi connectivity index (χ0n) is 11.1. The monoisotopic (exact) mass is 311 g/mol. The van der Waals surface area contributed by atoms with Crippen LogP contribution in [-0.4, -0.2) is 44.3 Å². The number of nitrogens with one attached hydrogen (secondary N) is 1. The van der Waals surface area contributed by atoms with E-state index in [4.69, 9.17) is 5.11 Å². The molecule has 0 radical (unpaired) electrons. The van der Waals surface area contributed by atoms with E-state index in [0.29, 0.717) is 5.69 Å². The Bertz CT molecular complexity index is 713. The fourth-order valence-corrected chi connectivity index (χ4v) is 2.98. The standard InChI is InChI=1S/C12H13N3O5S/c1-8(16)14-9(12(17)18)6-15-7-13-21(19,20)11-5-3-2-4-10(11)15/h2-5,7,9H,6H2,1H3,(H,14,16)(H,17,18). The Kier molecular flexibility index (Phi) is 3.94. The molecule has 0 aromatic heterocycles. The van der Waals surface area contributed by atoms with Crippen molar-refractivity contribution in [2.75, 3.05) is 11.4 Å². The molecule has 1 heterocycles. The highest BCUT2D eigenvalue weighted by molar-refractivity contribution is 7.90.